The summed E-state index contributed by atoms with van der Waals surface area (Å²) in [5.41, 5.74) is 1.67. The summed E-state index contributed by atoms with van der Waals surface area (Å²) in [4.78, 5) is 17.1. The van der Waals surface area contributed by atoms with Crippen LogP contribution >= 0.6 is 0 Å². The van der Waals surface area contributed by atoms with E-state index in [1.54, 1.807) is 16.9 Å². The van der Waals surface area contributed by atoms with Gasteiger partial charge in [0.15, 0.2) is 5.65 Å². The molecular weight excluding hydrogens is 264 g/mol. The normalized spacial score (nSPS) is 17.3. The van der Waals surface area contributed by atoms with Crippen LogP contribution in [0.5, 0.6) is 0 Å². The van der Waals surface area contributed by atoms with Gasteiger partial charge in [-0.05, 0) is 18.9 Å². The van der Waals surface area contributed by atoms with Crippen molar-refractivity contribution in [2.75, 3.05) is 0 Å². The lowest BCUT2D eigenvalue weighted by molar-refractivity contribution is 0.434. The predicted octanol–water partition coefficient (Wildman–Crippen LogP) is 2.94. The molecule has 0 unspecified atom stereocenters. The van der Waals surface area contributed by atoms with Gasteiger partial charge in [0.2, 0.25) is 0 Å². The maximum atomic E-state index is 12.8. The first-order valence-electron chi connectivity index (χ1n) is 7.68. The summed E-state index contributed by atoms with van der Waals surface area (Å²) in [6.07, 6.45) is 12.5. The molecule has 3 heterocycles. The second kappa shape index (κ2) is 4.98. The minimum Gasteiger partial charge on any atom is -0.312 e. The van der Waals surface area contributed by atoms with Crippen molar-refractivity contribution in [1.29, 1.82) is 0 Å². The Morgan fingerprint density at radius 1 is 1.10 bits per heavy atom. The monoisotopic (exact) mass is 282 g/mol. The fourth-order valence-electron chi connectivity index (χ4n) is 3.40. The van der Waals surface area contributed by atoms with Gasteiger partial charge in [-0.15, -0.1) is 0 Å². The van der Waals surface area contributed by atoms with Crippen LogP contribution in [0.4, 0.5) is 0 Å². The van der Waals surface area contributed by atoms with Crippen molar-refractivity contribution in [2.45, 2.75) is 44.6 Å². The van der Waals surface area contributed by atoms with Crippen LogP contribution in [0.3, 0.4) is 0 Å². The van der Waals surface area contributed by atoms with E-state index in [0.29, 0.717) is 11.4 Å². The third-order valence-corrected chi connectivity index (χ3v) is 4.53. The van der Waals surface area contributed by atoms with Gasteiger partial charge >= 0.3 is 0 Å². The third-order valence-electron chi connectivity index (χ3n) is 4.53. The average Bonchev–Trinajstić information content (AvgIpc) is 2.83. The Labute approximate surface area is 122 Å². The average molecular weight is 282 g/mol. The van der Waals surface area contributed by atoms with Crippen LogP contribution in [-0.4, -0.2) is 19.2 Å². The van der Waals surface area contributed by atoms with Crippen molar-refractivity contribution in [3.63, 3.8) is 0 Å². The first-order chi connectivity index (χ1) is 10.3. The Hall–Kier alpha value is -2.17. The van der Waals surface area contributed by atoms with Gasteiger partial charge in [-0.1, -0.05) is 25.7 Å². The van der Waals surface area contributed by atoms with Gasteiger partial charge in [-0.2, -0.15) is 5.10 Å². The lowest BCUT2D eigenvalue weighted by Crippen LogP contribution is -2.24. The van der Waals surface area contributed by atoms with Gasteiger partial charge in [0.25, 0.3) is 5.56 Å². The van der Waals surface area contributed by atoms with Gasteiger partial charge in [-0.3, -0.25) is 4.79 Å². The van der Waals surface area contributed by atoms with Crippen molar-refractivity contribution in [1.82, 2.24) is 19.2 Å². The highest BCUT2D eigenvalue weighted by Crippen LogP contribution is 2.26. The molecule has 1 aliphatic carbocycles. The minimum absolute atomic E-state index is 0.0595. The fraction of sp³-hybridized carbons (Fsp3) is 0.438. The third kappa shape index (κ3) is 2.04. The molecule has 0 aliphatic heterocycles. The topological polar surface area (TPSA) is 52.2 Å². The largest absolute Gasteiger partial charge is 0.312 e. The highest BCUT2D eigenvalue weighted by Gasteiger charge is 2.17. The first kappa shape index (κ1) is 12.6. The Bertz CT molecular complexity index is 840. The van der Waals surface area contributed by atoms with Crippen LogP contribution in [0.1, 0.15) is 44.6 Å². The van der Waals surface area contributed by atoms with Crippen LogP contribution in [-0.2, 0) is 0 Å². The van der Waals surface area contributed by atoms with Crippen LogP contribution in [0.2, 0.25) is 0 Å². The molecule has 108 valence electrons. The van der Waals surface area contributed by atoms with E-state index in [0.717, 1.165) is 24.0 Å². The number of hydrogen-bond donors (Lipinski definition) is 0. The summed E-state index contributed by atoms with van der Waals surface area (Å²) in [5.74, 6) is 0. The number of rotatable bonds is 1. The molecule has 21 heavy (non-hydrogen) atoms. The van der Waals surface area contributed by atoms with E-state index >= 15 is 0 Å². The van der Waals surface area contributed by atoms with E-state index in [1.807, 2.05) is 22.9 Å². The number of pyridine rings is 1. The van der Waals surface area contributed by atoms with Crippen LogP contribution < -0.4 is 5.56 Å². The molecule has 0 N–H and O–H groups in total. The van der Waals surface area contributed by atoms with E-state index in [-0.39, 0.29) is 5.56 Å². The van der Waals surface area contributed by atoms with Gasteiger partial charge in [0.1, 0.15) is 0 Å². The molecule has 1 saturated carbocycles. The molecule has 4 rings (SSSR count). The summed E-state index contributed by atoms with van der Waals surface area (Å²) in [6.45, 7) is 0. The van der Waals surface area contributed by atoms with Crippen molar-refractivity contribution in [2.24, 2.45) is 0 Å². The Kier molecular flexibility index (Phi) is 2.98. The molecule has 5 nitrogen and oxygen atoms in total. The highest BCUT2D eigenvalue weighted by atomic mass is 16.1. The van der Waals surface area contributed by atoms with Gasteiger partial charge < -0.3 is 4.57 Å². The van der Waals surface area contributed by atoms with Gasteiger partial charge in [-0.25, -0.2) is 9.50 Å². The lowest BCUT2D eigenvalue weighted by Gasteiger charge is -2.18. The summed E-state index contributed by atoms with van der Waals surface area (Å²) < 4.78 is 3.64. The minimum atomic E-state index is 0.0595. The molecular formula is C16H18N4O. The molecule has 0 radical (unpaired) electrons. The standard InChI is InChI=1S/C16H18N4O/c21-16-13-11-17-15-7-9-18-20(15)14(13)8-10-19(16)12-5-3-1-2-4-6-12/h7-12H,1-6H2. The van der Waals surface area contributed by atoms with Crippen LogP contribution in [0.25, 0.3) is 16.6 Å². The van der Waals surface area contributed by atoms with Gasteiger partial charge in [0.05, 0.1) is 17.1 Å². The van der Waals surface area contributed by atoms with E-state index in [2.05, 4.69) is 10.1 Å². The van der Waals surface area contributed by atoms with Crippen molar-refractivity contribution < 1.29 is 0 Å². The summed E-state index contributed by atoms with van der Waals surface area (Å²) in [5, 5.41) is 4.90. The van der Waals surface area contributed by atoms with Crippen molar-refractivity contribution in [3.8, 4) is 0 Å². The fourth-order valence-corrected chi connectivity index (χ4v) is 3.40. The molecule has 0 spiro atoms. The van der Waals surface area contributed by atoms with E-state index in [1.165, 1.54) is 25.7 Å². The maximum Gasteiger partial charge on any atom is 0.261 e. The smallest absolute Gasteiger partial charge is 0.261 e. The highest BCUT2D eigenvalue weighted by molar-refractivity contribution is 5.79. The maximum absolute atomic E-state index is 12.8. The zero-order valence-electron chi connectivity index (χ0n) is 11.9. The number of nitrogens with zero attached hydrogens (tertiary/aromatic N) is 4. The van der Waals surface area contributed by atoms with Crippen molar-refractivity contribution in [3.05, 3.63) is 41.1 Å². The number of fused-ring (bicyclic) bond motifs is 3. The quantitative estimate of drug-likeness (QED) is 0.645. The van der Waals surface area contributed by atoms with Crippen molar-refractivity contribution >= 4 is 16.6 Å². The number of hydrogen-bond acceptors (Lipinski definition) is 3. The second-order valence-corrected chi connectivity index (χ2v) is 5.83. The lowest BCUT2D eigenvalue weighted by atomic mass is 10.1. The SMILES string of the molecule is O=c1c2cnc3ccnn3c2ccn1C1CCCCCC1. The molecule has 0 amide bonds. The molecule has 0 bridgehead atoms. The molecule has 3 aromatic heterocycles. The van der Waals surface area contributed by atoms with Crippen LogP contribution in [0, 0.1) is 0 Å². The molecule has 5 heteroatoms. The predicted molar refractivity (Wildman–Crippen MR) is 81.5 cm³/mol. The molecule has 3 aromatic rings. The zero-order valence-corrected chi connectivity index (χ0v) is 11.9. The molecule has 1 fully saturated rings. The molecule has 0 aromatic carbocycles. The summed E-state index contributed by atoms with van der Waals surface area (Å²) >= 11 is 0. The molecule has 1 aliphatic rings. The van der Waals surface area contributed by atoms with E-state index in [9.17, 15) is 4.79 Å². The zero-order chi connectivity index (χ0) is 14.2. The Balaban J connectivity index is 1.89. The summed E-state index contributed by atoms with van der Waals surface area (Å²) in [7, 11) is 0. The summed E-state index contributed by atoms with van der Waals surface area (Å²) in [6, 6.07) is 4.16. The number of aromatic nitrogens is 4. The molecule has 0 saturated heterocycles. The Morgan fingerprint density at radius 3 is 2.71 bits per heavy atom. The molecule has 0 atom stereocenters. The first-order valence-corrected chi connectivity index (χ1v) is 7.68. The van der Waals surface area contributed by atoms with Crippen LogP contribution in [0.15, 0.2) is 35.5 Å². The van der Waals surface area contributed by atoms with E-state index < -0.39 is 0 Å². The second-order valence-electron chi connectivity index (χ2n) is 5.83. The van der Waals surface area contributed by atoms with Gasteiger partial charge in [0, 0.05) is 24.5 Å². The van der Waals surface area contributed by atoms with E-state index in [4.69, 9.17) is 0 Å². The Morgan fingerprint density at radius 2 is 1.90 bits per heavy atom.